The van der Waals surface area contributed by atoms with Crippen molar-refractivity contribution in [1.82, 2.24) is 0 Å². The Morgan fingerprint density at radius 1 is 1.21 bits per heavy atom. The van der Waals surface area contributed by atoms with E-state index in [9.17, 15) is 10.1 Å². The van der Waals surface area contributed by atoms with Gasteiger partial charge in [-0.1, -0.05) is 12.1 Å². The van der Waals surface area contributed by atoms with Gasteiger partial charge in [-0.15, -0.1) is 0 Å². The van der Waals surface area contributed by atoms with Gasteiger partial charge >= 0.3 is 0 Å². The van der Waals surface area contributed by atoms with Gasteiger partial charge in [0.05, 0.1) is 19.8 Å². The minimum Gasteiger partial charge on any atom is -0.494 e. The number of nitrogens with one attached hydrogen (secondary N) is 1. The average Bonchev–Trinajstić information content (AvgIpc) is 2.67. The lowest BCUT2D eigenvalue weighted by Crippen LogP contribution is -2.13. The van der Waals surface area contributed by atoms with Crippen molar-refractivity contribution in [2.24, 2.45) is 0 Å². The molecular weight excluding hydrogens is 356 g/mol. The third-order valence-corrected chi connectivity index (χ3v) is 3.63. The van der Waals surface area contributed by atoms with Gasteiger partial charge in [-0.25, -0.2) is 0 Å². The van der Waals surface area contributed by atoms with Gasteiger partial charge in [-0.3, -0.25) is 4.79 Å². The SMILES string of the molecule is CCOc1cccc(NC(=O)/C(C#N)=C\c2ccc(OC(C)C)c(OC)c2)c1. The van der Waals surface area contributed by atoms with E-state index >= 15 is 0 Å². The molecule has 0 fully saturated rings. The van der Waals surface area contributed by atoms with Crippen molar-refractivity contribution in [3.05, 3.63) is 53.6 Å². The number of benzene rings is 2. The van der Waals surface area contributed by atoms with E-state index in [-0.39, 0.29) is 11.7 Å². The molecule has 0 aliphatic heterocycles. The number of amides is 1. The smallest absolute Gasteiger partial charge is 0.266 e. The molecule has 0 unspecified atom stereocenters. The molecule has 28 heavy (non-hydrogen) atoms. The first kappa shape index (κ1) is 20.8. The predicted octanol–water partition coefficient (Wildman–Crippen LogP) is 4.43. The van der Waals surface area contributed by atoms with Crippen LogP contribution < -0.4 is 19.5 Å². The lowest BCUT2D eigenvalue weighted by Gasteiger charge is -2.14. The van der Waals surface area contributed by atoms with Crippen molar-refractivity contribution in [1.29, 1.82) is 5.26 Å². The fraction of sp³-hybridized carbons (Fsp3) is 0.273. The van der Waals surface area contributed by atoms with E-state index in [1.54, 1.807) is 49.6 Å². The molecule has 0 saturated carbocycles. The van der Waals surface area contributed by atoms with E-state index in [0.29, 0.717) is 35.1 Å². The number of nitriles is 1. The number of ether oxygens (including phenoxy) is 3. The highest BCUT2D eigenvalue weighted by molar-refractivity contribution is 6.09. The van der Waals surface area contributed by atoms with Gasteiger partial charge in [0.1, 0.15) is 17.4 Å². The molecule has 2 aromatic carbocycles. The van der Waals surface area contributed by atoms with Gasteiger partial charge in [0.15, 0.2) is 11.5 Å². The predicted molar refractivity (Wildman–Crippen MR) is 109 cm³/mol. The zero-order chi connectivity index (χ0) is 20.5. The topological polar surface area (TPSA) is 80.6 Å². The average molecular weight is 380 g/mol. The third-order valence-electron chi connectivity index (χ3n) is 3.63. The summed E-state index contributed by atoms with van der Waals surface area (Å²) in [4.78, 5) is 12.5. The minimum absolute atomic E-state index is 0.00295. The van der Waals surface area contributed by atoms with E-state index in [1.807, 2.05) is 26.8 Å². The quantitative estimate of drug-likeness (QED) is 0.541. The molecule has 0 bridgehead atoms. The molecule has 0 aromatic heterocycles. The summed E-state index contributed by atoms with van der Waals surface area (Å²) in [5.74, 6) is 1.28. The molecule has 0 radical (unpaired) electrons. The maximum absolute atomic E-state index is 12.5. The van der Waals surface area contributed by atoms with E-state index in [0.717, 1.165) is 0 Å². The van der Waals surface area contributed by atoms with Crippen molar-refractivity contribution in [3.8, 4) is 23.3 Å². The molecule has 0 saturated heterocycles. The van der Waals surface area contributed by atoms with Crippen molar-refractivity contribution in [3.63, 3.8) is 0 Å². The Morgan fingerprint density at radius 2 is 2.00 bits per heavy atom. The van der Waals surface area contributed by atoms with Gasteiger partial charge < -0.3 is 19.5 Å². The Morgan fingerprint density at radius 3 is 2.64 bits per heavy atom. The summed E-state index contributed by atoms with van der Waals surface area (Å²) in [6.07, 6.45) is 1.51. The molecule has 146 valence electrons. The minimum atomic E-state index is -0.502. The first-order valence-electron chi connectivity index (χ1n) is 8.97. The summed E-state index contributed by atoms with van der Waals surface area (Å²) in [7, 11) is 1.54. The highest BCUT2D eigenvalue weighted by atomic mass is 16.5. The Kier molecular flexibility index (Phi) is 7.46. The van der Waals surface area contributed by atoms with Crippen LogP contribution in [0.15, 0.2) is 48.0 Å². The Bertz CT molecular complexity index is 898. The number of nitrogens with zero attached hydrogens (tertiary/aromatic N) is 1. The molecule has 1 N–H and O–H groups in total. The standard InChI is InChI=1S/C22H24N2O4/c1-5-27-19-8-6-7-18(13-19)24-22(25)17(14-23)11-16-9-10-20(28-15(2)3)21(12-16)26-4/h6-13,15H,5H2,1-4H3,(H,24,25)/b17-11-. The normalized spacial score (nSPS) is 10.9. The van der Waals surface area contributed by atoms with Crippen LogP contribution in [0.4, 0.5) is 5.69 Å². The number of carbonyl (C=O) groups excluding carboxylic acids is 1. The van der Waals surface area contributed by atoms with Gasteiger partial charge in [-0.2, -0.15) is 5.26 Å². The second-order valence-electron chi connectivity index (χ2n) is 6.16. The Balaban J connectivity index is 2.22. The van der Waals surface area contributed by atoms with Crippen LogP contribution in [0, 0.1) is 11.3 Å². The van der Waals surface area contributed by atoms with Crippen LogP contribution in [0.2, 0.25) is 0 Å². The van der Waals surface area contributed by atoms with Crippen molar-refractivity contribution < 1.29 is 19.0 Å². The van der Waals surface area contributed by atoms with Crippen LogP contribution in [0.25, 0.3) is 6.08 Å². The highest BCUT2D eigenvalue weighted by Gasteiger charge is 2.12. The van der Waals surface area contributed by atoms with Crippen molar-refractivity contribution >= 4 is 17.7 Å². The van der Waals surface area contributed by atoms with Gasteiger partial charge in [0.25, 0.3) is 5.91 Å². The zero-order valence-electron chi connectivity index (χ0n) is 16.5. The van der Waals surface area contributed by atoms with E-state index in [2.05, 4.69) is 5.32 Å². The molecule has 0 aliphatic carbocycles. The van der Waals surface area contributed by atoms with Crippen molar-refractivity contribution in [2.75, 3.05) is 19.0 Å². The van der Waals surface area contributed by atoms with Crippen LogP contribution in [-0.2, 0) is 4.79 Å². The fourth-order valence-electron chi connectivity index (χ4n) is 2.47. The van der Waals surface area contributed by atoms with Crippen LogP contribution >= 0.6 is 0 Å². The monoisotopic (exact) mass is 380 g/mol. The van der Waals surface area contributed by atoms with Crippen molar-refractivity contribution in [2.45, 2.75) is 26.9 Å². The number of methoxy groups -OCH3 is 1. The number of anilines is 1. The maximum Gasteiger partial charge on any atom is 0.266 e. The maximum atomic E-state index is 12.5. The van der Waals surface area contributed by atoms with Gasteiger partial charge in [0, 0.05) is 11.8 Å². The Hall–Kier alpha value is -3.46. The largest absolute Gasteiger partial charge is 0.494 e. The van der Waals surface area contributed by atoms with Crippen LogP contribution in [0.5, 0.6) is 17.2 Å². The zero-order valence-corrected chi connectivity index (χ0v) is 16.5. The summed E-state index contributed by atoms with van der Waals surface area (Å²) in [5.41, 5.74) is 1.18. The van der Waals surface area contributed by atoms with E-state index in [4.69, 9.17) is 14.2 Å². The molecule has 0 heterocycles. The van der Waals surface area contributed by atoms with E-state index < -0.39 is 5.91 Å². The molecule has 6 heteroatoms. The number of hydrogen-bond acceptors (Lipinski definition) is 5. The lowest BCUT2D eigenvalue weighted by molar-refractivity contribution is -0.112. The summed E-state index contributed by atoms with van der Waals surface area (Å²) in [5, 5.41) is 12.1. The molecule has 0 atom stereocenters. The first-order chi connectivity index (χ1) is 13.5. The lowest BCUT2D eigenvalue weighted by atomic mass is 10.1. The van der Waals surface area contributed by atoms with Gasteiger partial charge in [0.2, 0.25) is 0 Å². The number of carbonyl (C=O) groups is 1. The molecule has 1 amide bonds. The molecular formula is C22H24N2O4. The van der Waals surface area contributed by atoms with Crippen LogP contribution in [-0.4, -0.2) is 25.7 Å². The molecule has 2 aromatic rings. The number of rotatable bonds is 8. The second-order valence-corrected chi connectivity index (χ2v) is 6.16. The summed E-state index contributed by atoms with van der Waals surface area (Å²) in [6.45, 7) is 6.25. The number of hydrogen-bond donors (Lipinski definition) is 1. The summed E-state index contributed by atoms with van der Waals surface area (Å²) >= 11 is 0. The first-order valence-corrected chi connectivity index (χ1v) is 8.97. The fourth-order valence-corrected chi connectivity index (χ4v) is 2.47. The highest BCUT2D eigenvalue weighted by Crippen LogP contribution is 2.30. The van der Waals surface area contributed by atoms with Gasteiger partial charge in [-0.05, 0) is 56.7 Å². The molecule has 0 aliphatic rings. The molecule has 6 nitrogen and oxygen atoms in total. The molecule has 0 spiro atoms. The Labute approximate surface area is 165 Å². The molecule has 2 rings (SSSR count). The third kappa shape index (κ3) is 5.78. The van der Waals surface area contributed by atoms with E-state index in [1.165, 1.54) is 6.08 Å². The van der Waals surface area contributed by atoms with Crippen LogP contribution in [0.3, 0.4) is 0 Å². The second kappa shape index (κ2) is 10.0. The van der Waals surface area contributed by atoms with Crippen LogP contribution in [0.1, 0.15) is 26.3 Å². The summed E-state index contributed by atoms with van der Waals surface area (Å²) < 4.78 is 16.4. The summed E-state index contributed by atoms with van der Waals surface area (Å²) in [6, 6.07) is 14.2.